The van der Waals surface area contributed by atoms with Crippen LogP contribution in [0.3, 0.4) is 0 Å². The highest BCUT2D eigenvalue weighted by molar-refractivity contribution is 5.24. The van der Waals surface area contributed by atoms with Crippen molar-refractivity contribution < 1.29 is 4.74 Å². The van der Waals surface area contributed by atoms with Crippen LogP contribution in [0.5, 0.6) is 0 Å². The molecule has 2 heteroatoms. The van der Waals surface area contributed by atoms with Gasteiger partial charge in [0, 0.05) is 13.7 Å². The molecule has 0 bridgehead atoms. The van der Waals surface area contributed by atoms with E-state index in [4.69, 9.17) is 4.74 Å². The molecule has 2 nitrogen and oxygen atoms in total. The predicted octanol–water partition coefficient (Wildman–Crippen LogP) is 3.18. The molecule has 1 atom stereocenters. The molecule has 0 spiro atoms. The Kier molecular flexibility index (Phi) is 6.23. The smallest absolute Gasteiger partial charge is 0.0713 e. The molecule has 0 heterocycles. The van der Waals surface area contributed by atoms with E-state index in [2.05, 4.69) is 50.4 Å². The fourth-order valence-electron chi connectivity index (χ4n) is 1.82. The fraction of sp³-hybridized carbons (Fsp3) is 0.600. The van der Waals surface area contributed by atoms with E-state index in [0.717, 1.165) is 13.1 Å². The van der Waals surface area contributed by atoms with Gasteiger partial charge in [0.15, 0.2) is 0 Å². The monoisotopic (exact) mass is 235 g/mol. The van der Waals surface area contributed by atoms with Crippen LogP contribution in [0.25, 0.3) is 0 Å². The van der Waals surface area contributed by atoms with Crippen LogP contribution in [-0.2, 0) is 11.3 Å². The third-order valence-corrected chi connectivity index (χ3v) is 2.86. The number of rotatable bonds is 7. The molecule has 0 aromatic heterocycles. The van der Waals surface area contributed by atoms with Gasteiger partial charge in [-0.1, -0.05) is 45.0 Å². The van der Waals surface area contributed by atoms with E-state index >= 15 is 0 Å². The maximum atomic E-state index is 5.11. The van der Waals surface area contributed by atoms with Crippen molar-refractivity contribution in [3.63, 3.8) is 0 Å². The van der Waals surface area contributed by atoms with Gasteiger partial charge in [-0.15, -0.1) is 0 Å². The van der Waals surface area contributed by atoms with Gasteiger partial charge in [-0.3, -0.25) is 0 Å². The third-order valence-electron chi connectivity index (χ3n) is 2.86. The molecule has 96 valence electrons. The summed E-state index contributed by atoms with van der Waals surface area (Å²) < 4.78 is 5.11. The number of ether oxygens (including phenoxy) is 1. The highest BCUT2D eigenvalue weighted by Gasteiger charge is 2.05. The van der Waals surface area contributed by atoms with Crippen molar-refractivity contribution in [3.8, 4) is 0 Å². The van der Waals surface area contributed by atoms with Gasteiger partial charge in [-0.2, -0.15) is 0 Å². The lowest BCUT2D eigenvalue weighted by Gasteiger charge is -2.14. The second-order valence-electron chi connectivity index (χ2n) is 5.13. The lowest BCUT2D eigenvalue weighted by molar-refractivity contribution is 0.185. The van der Waals surface area contributed by atoms with Gasteiger partial charge >= 0.3 is 0 Å². The molecule has 1 unspecified atom stereocenters. The van der Waals surface area contributed by atoms with Crippen LogP contribution in [0, 0.1) is 5.92 Å². The Balaban J connectivity index is 2.43. The molecule has 0 aliphatic carbocycles. The van der Waals surface area contributed by atoms with Gasteiger partial charge in [0.1, 0.15) is 0 Å². The van der Waals surface area contributed by atoms with Gasteiger partial charge in [-0.05, 0) is 29.5 Å². The summed E-state index contributed by atoms with van der Waals surface area (Å²) in [4.78, 5) is 0. The Morgan fingerprint density at radius 2 is 1.71 bits per heavy atom. The normalized spacial score (nSPS) is 13.0. The Bertz CT molecular complexity index is 305. The number of methoxy groups -OCH3 is 1. The van der Waals surface area contributed by atoms with E-state index in [9.17, 15) is 0 Å². The molecule has 0 aliphatic rings. The molecule has 1 N–H and O–H groups in total. The Labute approximate surface area is 105 Å². The summed E-state index contributed by atoms with van der Waals surface area (Å²) in [5, 5.41) is 3.50. The molecular formula is C15H25NO. The fourth-order valence-corrected chi connectivity index (χ4v) is 1.82. The third kappa shape index (κ3) is 5.33. The second kappa shape index (κ2) is 7.46. The molecule has 1 rings (SSSR count). The topological polar surface area (TPSA) is 21.3 Å². The summed E-state index contributed by atoms with van der Waals surface area (Å²) in [5.41, 5.74) is 2.62. The van der Waals surface area contributed by atoms with Crippen LogP contribution in [0.1, 0.15) is 37.8 Å². The minimum Gasteiger partial charge on any atom is -0.380 e. The van der Waals surface area contributed by atoms with Crippen molar-refractivity contribution in [1.29, 1.82) is 0 Å². The standard InChI is InChI=1S/C15H25NO/c1-12(2)9-16-10-13(3)15-7-5-14(6-8-15)11-17-4/h5-8,12-13,16H,9-11H2,1-4H3. The first-order valence-electron chi connectivity index (χ1n) is 6.42. The molecule has 1 aromatic rings. The largest absolute Gasteiger partial charge is 0.380 e. The van der Waals surface area contributed by atoms with Crippen molar-refractivity contribution >= 4 is 0 Å². The molecule has 0 aliphatic heterocycles. The highest BCUT2D eigenvalue weighted by Crippen LogP contribution is 2.15. The Hall–Kier alpha value is -0.860. The van der Waals surface area contributed by atoms with Crippen LogP contribution in [0.15, 0.2) is 24.3 Å². The van der Waals surface area contributed by atoms with Gasteiger partial charge in [0.25, 0.3) is 0 Å². The maximum absolute atomic E-state index is 5.11. The van der Waals surface area contributed by atoms with Gasteiger partial charge in [0.2, 0.25) is 0 Å². The van der Waals surface area contributed by atoms with Crippen LogP contribution < -0.4 is 5.32 Å². The lowest BCUT2D eigenvalue weighted by Crippen LogP contribution is -2.24. The lowest BCUT2D eigenvalue weighted by atomic mass is 10.00. The van der Waals surface area contributed by atoms with E-state index in [-0.39, 0.29) is 0 Å². The summed E-state index contributed by atoms with van der Waals surface area (Å²) in [6.45, 7) is 9.56. The first kappa shape index (κ1) is 14.2. The zero-order chi connectivity index (χ0) is 12.7. The second-order valence-corrected chi connectivity index (χ2v) is 5.13. The van der Waals surface area contributed by atoms with Crippen LogP contribution in [0.2, 0.25) is 0 Å². The van der Waals surface area contributed by atoms with Crippen LogP contribution >= 0.6 is 0 Å². The van der Waals surface area contributed by atoms with Crippen molar-refractivity contribution in [2.75, 3.05) is 20.2 Å². The molecular weight excluding hydrogens is 210 g/mol. The van der Waals surface area contributed by atoms with E-state index in [0.29, 0.717) is 18.4 Å². The first-order chi connectivity index (χ1) is 8.13. The zero-order valence-corrected chi connectivity index (χ0v) is 11.5. The van der Waals surface area contributed by atoms with E-state index in [1.807, 2.05) is 0 Å². The molecule has 0 amide bonds. The average molecular weight is 235 g/mol. The number of benzene rings is 1. The maximum Gasteiger partial charge on any atom is 0.0713 e. The summed E-state index contributed by atoms with van der Waals surface area (Å²) in [5.74, 6) is 1.27. The van der Waals surface area contributed by atoms with Gasteiger partial charge in [0.05, 0.1) is 6.61 Å². The summed E-state index contributed by atoms with van der Waals surface area (Å²) in [6, 6.07) is 8.71. The molecule has 0 radical (unpaired) electrons. The zero-order valence-electron chi connectivity index (χ0n) is 11.5. The van der Waals surface area contributed by atoms with E-state index in [1.165, 1.54) is 11.1 Å². The minimum absolute atomic E-state index is 0.561. The number of nitrogens with one attached hydrogen (secondary N) is 1. The first-order valence-corrected chi connectivity index (χ1v) is 6.42. The van der Waals surface area contributed by atoms with Crippen molar-refractivity contribution in [1.82, 2.24) is 5.32 Å². The Morgan fingerprint density at radius 3 is 2.24 bits per heavy atom. The number of hydrogen-bond acceptors (Lipinski definition) is 2. The quantitative estimate of drug-likeness (QED) is 0.783. The molecule has 0 saturated heterocycles. The molecule has 17 heavy (non-hydrogen) atoms. The summed E-state index contributed by atoms with van der Waals surface area (Å²) in [6.07, 6.45) is 0. The van der Waals surface area contributed by atoms with E-state index in [1.54, 1.807) is 7.11 Å². The summed E-state index contributed by atoms with van der Waals surface area (Å²) in [7, 11) is 1.73. The van der Waals surface area contributed by atoms with Crippen molar-refractivity contribution in [2.24, 2.45) is 5.92 Å². The van der Waals surface area contributed by atoms with Gasteiger partial charge < -0.3 is 10.1 Å². The molecule has 0 saturated carbocycles. The van der Waals surface area contributed by atoms with Crippen LogP contribution in [0.4, 0.5) is 0 Å². The average Bonchev–Trinajstić information content (AvgIpc) is 2.30. The van der Waals surface area contributed by atoms with E-state index < -0.39 is 0 Å². The van der Waals surface area contributed by atoms with Gasteiger partial charge in [-0.25, -0.2) is 0 Å². The van der Waals surface area contributed by atoms with Crippen molar-refractivity contribution in [3.05, 3.63) is 35.4 Å². The Morgan fingerprint density at radius 1 is 1.06 bits per heavy atom. The molecule has 1 aromatic carbocycles. The summed E-state index contributed by atoms with van der Waals surface area (Å²) >= 11 is 0. The minimum atomic E-state index is 0.561. The predicted molar refractivity (Wildman–Crippen MR) is 73.3 cm³/mol. The number of hydrogen-bond donors (Lipinski definition) is 1. The van der Waals surface area contributed by atoms with Crippen LogP contribution in [-0.4, -0.2) is 20.2 Å². The van der Waals surface area contributed by atoms with Crippen molar-refractivity contribution in [2.45, 2.75) is 33.3 Å². The highest BCUT2D eigenvalue weighted by atomic mass is 16.5. The molecule has 0 fully saturated rings. The SMILES string of the molecule is COCc1ccc(C(C)CNCC(C)C)cc1.